The van der Waals surface area contributed by atoms with Crippen LogP contribution in [0.4, 0.5) is 5.69 Å². The molecule has 0 radical (unpaired) electrons. The molecular weight excluding hydrogens is 348 g/mol. The second kappa shape index (κ2) is 7.08. The van der Waals surface area contributed by atoms with Crippen LogP contribution in [0, 0.1) is 0 Å². The summed E-state index contributed by atoms with van der Waals surface area (Å²) in [7, 11) is 2.49. The number of methoxy groups -OCH3 is 2. The van der Waals surface area contributed by atoms with E-state index in [-0.39, 0.29) is 24.6 Å². The number of hydrogen-bond donors (Lipinski definition) is 0. The number of benzene rings is 1. The summed E-state index contributed by atoms with van der Waals surface area (Å²) in [4.78, 5) is 30.3. The average molecular weight is 363 g/mol. The van der Waals surface area contributed by atoms with E-state index in [9.17, 15) is 9.59 Å². The number of fused-ring (bicyclic) bond motifs is 1. The Labute approximate surface area is 148 Å². The fourth-order valence-electron chi connectivity index (χ4n) is 2.67. The maximum absolute atomic E-state index is 12.3. The van der Waals surface area contributed by atoms with Gasteiger partial charge in [0.05, 0.1) is 42.6 Å². The molecule has 1 aromatic heterocycles. The van der Waals surface area contributed by atoms with Crippen LogP contribution in [0.15, 0.2) is 41.7 Å². The molecule has 3 rings (SSSR count). The molecule has 0 amide bonds. The molecule has 7 nitrogen and oxygen atoms in total. The van der Waals surface area contributed by atoms with E-state index in [1.807, 2.05) is 6.07 Å². The molecule has 0 unspecified atom stereocenters. The topological polar surface area (TPSA) is 78.0 Å². The van der Waals surface area contributed by atoms with Gasteiger partial charge in [0.25, 0.3) is 0 Å². The minimum atomic E-state index is -0.658. The second-order valence-electron chi connectivity index (χ2n) is 5.22. The summed E-state index contributed by atoms with van der Waals surface area (Å²) >= 11 is 6.00. The van der Waals surface area contributed by atoms with Crippen molar-refractivity contribution in [1.29, 1.82) is 0 Å². The van der Waals surface area contributed by atoms with Crippen molar-refractivity contribution >= 4 is 40.1 Å². The zero-order valence-corrected chi connectivity index (χ0v) is 14.4. The van der Waals surface area contributed by atoms with Crippen molar-refractivity contribution in [2.24, 2.45) is 0 Å². The summed E-state index contributed by atoms with van der Waals surface area (Å²) in [5, 5.41) is 1.29. The van der Waals surface area contributed by atoms with Gasteiger partial charge in [-0.15, -0.1) is 0 Å². The van der Waals surface area contributed by atoms with Crippen LogP contribution in [-0.4, -0.2) is 44.5 Å². The summed E-state index contributed by atoms with van der Waals surface area (Å²) in [6, 6.07) is 7.19. The monoisotopic (exact) mass is 362 g/mol. The van der Waals surface area contributed by atoms with Crippen molar-refractivity contribution in [1.82, 2.24) is 4.98 Å². The predicted octanol–water partition coefficient (Wildman–Crippen LogP) is 2.28. The van der Waals surface area contributed by atoms with Gasteiger partial charge in [0.2, 0.25) is 0 Å². The van der Waals surface area contributed by atoms with E-state index in [0.29, 0.717) is 16.2 Å². The first-order valence-corrected chi connectivity index (χ1v) is 7.74. The molecular formula is C17H15ClN2O5. The van der Waals surface area contributed by atoms with E-state index >= 15 is 0 Å². The number of esters is 2. The highest BCUT2D eigenvalue weighted by molar-refractivity contribution is 6.31. The molecule has 0 atom stereocenters. The number of ether oxygens (including phenoxy) is 3. The van der Waals surface area contributed by atoms with E-state index in [4.69, 9.17) is 25.8 Å². The van der Waals surface area contributed by atoms with Crippen molar-refractivity contribution in [3.05, 3.63) is 46.8 Å². The molecule has 1 aromatic carbocycles. The minimum absolute atomic E-state index is 0.0440. The molecule has 0 fully saturated rings. The molecule has 8 heteroatoms. The molecule has 2 heterocycles. The molecule has 1 aliphatic heterocycles. The van der Waals surface area contributed by atoms with Crippen LogP contribution in [-0.2, 0) is 23.8 Å². The van der Waals surface area contributed by atoms with Crippen LogP contribution in [0.25, 0.3) is 10.9 Å². The Morgan fingerprint density at radius 3 is 2.72 bits per heavy atom. The Hall–Kier alpha value is -2.64. The molecule has 25 heavy (non-hydrogen) atoms. The van der Waals surface area contributed by atoms with Crippen LogP contribution in [0.3, 0.4) is 0 Å². The van der Waals surface area contributed by atoms with E-state index in [0.717, 1.165) is 5.39 Å². The lowest BCUT2D eigenvalue weighted by Crippen LogP contribution is -2.39. The fraction of sp³-hybridized carbons (Fsp3) is 0.235. The predicted molar refractivity (Wildman–Crippen MR) is 91.1 cm³/mol. The highest BCUT2D eigenvalue weighted by Gasteiger charge is 2.33. The van der Waals surface area contributed by atoms with Gasteiger partial charge in [0.1, 0.15) is 12.4 Å². The molecule has 130 valence electrons. The Morgan fingerprint density at radius 2 is 2.00 bits per heavy atom. The third-order valence-electron chi connectivity index (χ3n) is 3.78. The van der Waals surface area contributed by atoms with Gasteiger partial charge in [-0.25, -0.2) is 9.59 Å². The Kier molecular flexibility index (Phi) is 4.87. The first-order chi connectivity index (χ1) is 12.1. The van der Waals surface area contributed by atoms with Crippen molar-refractivity contribution in [2.45, 2.75) is 0 Å². The molecule has 2 aromatic rings. The maximum Gasteiger partial charge on any atom is 0.355 e. The van der Waals surface area contributed by atoms with Crippen LogP contribution in [0.1, 0.15) is 0 Å². The normalized spacial score (nSPS) is 14.6. The molecule has 0 aliphatic carbocycles. The molecule has 0 saturated heterocycles. The highest BCUT2D eigenvalue weighted by Crippen LogP contribution is 2.32. The van der Waals surface area contributed by atoms with Crippen LogP contribution in [0.2, 0.25) is 5.02 Å². The SMILES string of the molecule is COC(=O)C1=C(C(=O)OC)N(c2cccc3cc(Cl)cnc23)COC1. The quantitative estimate of drug-likeness (QED) is 0.775. The average Bonchev–Trinajstić information content (AvgIpc) is 2.65. The number of halogens is 1. The second-order valence-corrected chi connectivity index (χ2v) is 5.65. The number of nitrogens with zero attached hydrogens (tertiary/aromatic N) is 2. The van der Waals surface area contributed by atoms with E-state index in [1.165, 1.54) is 20.4 Å². The largest absolute Gasteiger partial charge is 0.466 e. The Morgan fingerprint density at radius 1 is 1.24 bits per heavy atom. The smallest absolute Gasteiger partial charge is 0.355 e. The molecule has 0 N–H and O–H groups in total. The minimum Gasteiger partial charge on any atom is -0.466 e. The number of carbonyl (C=O) groups excluding carboxylic acids is 2. The Balaban J connectivity index is 2.21. The molecule has 0 bridgehead atoms. The lowest BCUT2D eigenvalue weighted by Gasteiger charge is -2.31. The number of anilines is 1. The van der Waals surface area contributed by atoms with Crippen molar-refractivity contribution in [3.63, 3.8) is 0 Å². The number of aromatic nitrogens is 1. The Bertz CT molecular complexity index is 880. The van der Waals surface area contributed by atoms with Crippen LogP contribution in [0.5, 0.6) is 0 Å². The van der Waals surface area contributed by atoms with E-state index in [2.05, 4.69) is 4.98 Å². The number of para-hydroxylation sites is 1. The summed E-state index contributed by atoms with van der Waals surface area (Å²) in [6.07, 6.45) is 1.51. The van der Waals surface area contributed by atoms with Crippen molar-refractivity contribution in [3.8, 4) is 0 Å². The van der Waals surface area contributed by atoms with E-state index < -0.39 is 11.9 Å². The fourth-order valence-corrected chi connectivity index (χ4v) is 2.84. The number of carbonyl (C=O) groups is 2. The van der Waals surface area contributed by atoms with Gasteiger partial charge in [0, 0.05) is 11.6 Å². The number of hydrogen-bond acceptors (Lipinski definition) is 7. The molecule has 0 spiro atoms. The van der Waals surface area contributed by atoms with Gasteiger partial charge in [0.15, 0.2) is 0 Å². The third-order valence-corrected chi connectivity index (χ3v) is 3.99. The summed E-state index contributed by atoms with van der Waals surface area (Å²) in [5.74, 6) is -1.31. The zero-order chi connectivity index (χ0) is 18.0. The molecule has 1 aliphatic rings. The maximum atomic E-state index is 12.3. The van der Waals surface area contributed by atoms with Gasteiger partial charge in [-0.2, -0.15) is 0 Å². The van der Waals surface area contributed by atoms with Gasteiger partial charge in [-0.05, 0) is 12.1 Å². The van der Waals surface area contributed by atoms with Crippen LogP contribution >= 0.6 is 11.6 Å². The standard InChI is InChI=1S/C17H15ClN2O5/c1-23-16(21)12-8-25-9-20(15(12)17(22)24-2)13-5-3-4-10-6-11(18)7-19-14(10)13/h3-7H,8-9H2,1-2H3. The lowest BCUT2D eigenvalue weighted by molar-refractivity contribution is -0.140. The summed E-state index contributed by atoms with van der Waals surface area (Å²) < 4.78 is 15.1. The first-order valence-electron chi connectivity index (χ1n) is 7.36. The van der Waals surface area contributed by atoms with Gasteiger partial charge < -0.3 is 19.1 Å². The highest BCUT2D eigenvalue weighted by atomic mass is 35.5. The number of pyridine rings is 1. The van der Waals surface area contributed by atoms with Crippen LogP contribution < -0.4 is 4.90 Å². The third kappa shape index (κ3) is 3.16. The van der Waals surface area contributed by atoms with Crippen molar-refractivity contribution < 1.29 is 23.8 Å². The van der Waals surface area contributed by atoms with Crippen molar-refractivity contribution in [2.75, 3.05) is 32.5 Å². The zero-order valence-electron chi connectivity index (χ0n) is 13.6. The lowest BCUT2D eigenvalue weighted by atomic mass is 10.1. The van der Waals surface area contributed by atoms with E-state index in [1.54, 1.807) is 23.1 Å². The van der Waals surface area contributed by atoms with Gasteiger partial charge in [-0.1, -0.05) is 23.7 Å². The van der Waals surface area contributed by atoms with Gasteiger partial charge in [-0.3, -0.25) is 4.98 Å². The molecule has 0 saturated carbocycles. The summed E-state index contributed by atoms with van der Waals surface area (Å²) in [5.41, 5.74) is 1.37. The van der Waals surface area contributed by atoms with Gasteiger partial charge >= 0.3 is 11.9 Å². The number of rotatable bonds is 3. The first kappa shape index (κ1) is 17.2. The summed E-state index contributed by atoms with van der Waals surface area (Å²) in [6.45, 7) is 0.0198.